The maximum atomic E-state index is 12.1. The van der Waals surface area contributed by atoms with E-state index in [0.29, 0.717) is 16.7 Å². The summed E-state index contributed by atoms with van der Waals surface area (Å²) in [7, 11) is -1.76. The van der Waals surface area contributed by atoms with Crippen LogP contribution in [0.15, 0.2) is 26.7 Å². The van der Waals surface area contributed by atoms with Crippen LogP contribution in [0.25, 0.3) is 0 Å². The Labute approximate surface area is 165 Å². The zero-order chi connectivity index (χ0) is 19.9. The van der Waals surface area contributed by atoms with E-state index >= 15 is 0 Å². The predicted octanol–water partition coefficient (Wildman–Crippen LogP) is 0.838. The molecule has 1 amide bonds. The van der Waals surface area contributed by atoms with E-state index in [2.05, 4.69) is 20.3 Å². The number of carbonyl (C=O) groups excluding carboxylic acids is 1. The van der Waals surface area contributed by atoms with E-state index in [9.17, 15) is 13.2 Å². The van der Waals surface area contributed by atoms with Crippen LogP contribution < -0.4 is 15.4 Å². The van der Waals surface area contributed by atoms with Gasteiger partial charge in [0.05, 0.1) is 0 Å². The van der Waals surface area contributed by atoms with Gasteiger partial charge in [-0.1, -0.05) is 19.9 Å². The monoisotopic (exact) mass is 415 g/mol. The SMILES string of the molecule is CN=C(NCCNS(=O)(=O)c1cccs1)NC1CCN(C(=O)C(C)C)CC1. The van der Waals surface area contributed by atoms with Gasteiger partial charge in [0, 0.05) is 45.2 Å². The lowest BCUT2D eigenvalue weighted by molar-refractivity contribution is -0.135. The largest absolute Gasteiger partial charge is 0.355 e. The molecule has 0 saturated carbocycles. The summed E-state index contributed by atoms with van der Waals surface area (Å²) >= 11 is 1.19. The zero-order valence-electron chi connectivity index (χ0n) is 16.1. The van der Waals surface area contributed by atoms with Gasteiger partial charge < -0.3 is 15.5 Å². The first kappa shape index (κ1) is 21.6. The number of carbonyl (C=O) groups is 1. The Kier molecular flexibility index (Phi) is 8.06. The Morgan fingerprint density at radius 1 is 1.33 bits per heavy atom. The third-order valence-electron chi connectivity index (χ3n) is 4.33. The highest BCUT2D eigenvalue weighted by molar-refractivity contribution is 7.91. The van der Waals surface area contributed by atoms with Gasteiger partial charge in [-0.05, 0) is 24.3 Å². The summed E-state index contributed by atoms with van der Waals surface area (Å²) in [6.07, 6.45) is 1.73. The maximum absolute atomic E-state index is 12.1. The molecular weight excluding hydrogens is 386 g/mol. The molecule has 0 aromatic carbocycles. The van der Waals surface area contributed by atoms with Crippen LogP contribution in [0.4, 0.5) is 0 Å². The van der Waals surface area contributed by atoms with Crippen molar-refractivity contribution in [1.82, 2.24) is 20.3 Å². The van der Waals surface area contributed by atoms with Crippen LogP contribution in [-0.4, -0.2) is 64.5 Å². The van der Waals surface area contributed by atoms with Gasteiger partial charge in [-0.25, -0.2) is 13.1 Å². The van der Waals surface area contributed by atoms with Crippen LogP contribution in [0.3, 0.4) is 0 Å². The molecule has 0 aliphatic carbocycles. The molecule has 2 rings (SSSR count). The molecule has 27 heavy (non-hydrogen) atoms. The standard InChI is InChI=1S/C17H29N5O3S2/c1-13(2)16(23)22-10-6-14(7-11-22)21-17(18-3)19-8-9-20-27(24,25)15-5-4-12-26-15/h4-5,12-14,20H,6-11H2,1-3H3,(H2,18,19,21). The minimum atomic E-state index is -3.44. The van der Waals surface area contributed by atoms with Crippen molar-refractivity contribution < 1.29 is 13.2 Å². The van der Waals surface area contributed by atoms with Crippen molar-refractivity contribution in [1.29, 1.82) is 0 Å². The zero-order valence-corrected chi connectivity index (χ0v) is 17.7. The van der Waals surface area contributed by atoms with Gasteiger partial charge in [-0.3, -0.25) is 9.79 Å². The van der Waals surface area contributed by atoms with Gasteiger partial charge in [-0.15, -0.1) is 11.3 Å². The van der Waals surface area contributed by atoms with E-state index in [0.717, 1.165) is 25.9 Å². The number of guanidine groups is 1. The number of likely N-dealkylation sites (tertiary alicyclic amines) is 1. The van der Waals surface area contributed by atoms with Crippen LogP contribution >= 0.6 is 11.3 Å². The number of sulfonamides is 1. The summed E-state index contributed by atoms with van der Waals surface area (Å²) in [5.74, 6) is 0.870. The normalized spacial score (nSPS) is 16.6. The van der Waals surface area contributed by atoms with Gasteiger partial charge in [0.15, 0.2) is 5.96 Å². The highest BCUT2D eigenvalue weighted by Gasteiger charge is 2.24. The van der Waals surface area contributed by atoms with Gasteiger partial charge in [0.25, 0.3) is 0 Å². The molecule has 0 bridgehead atoms. The van der Waals surface area contributed by atoms with Crippen molar-refractivity contribution in [3.05, 3.63) is 17.5 Å². The minimum Gasteiger partial charge on any atom is -0.355 e. The highest BCUT2D eigenvalue weighted by Crippen LogP contribution is 2.15. The van der Waals surface area contributed by atoms with Crippen LogP contribution in [-0.2, 0) is 14.8 Å². The third kappa shape index (κ3) is 6.47. The lowest BCUT2D eigenvalue weighted by Crippen LogP contribution is -2.51. The highest BCUT2D eigenvalue weighted by atomic mass is 32.2. The molecule has 10 heteroatoms. The molecule has 1 aromatic heterocycles. The Hall–Kier alpha value is -1.65. The fourth-order valence-corrected chi connectivity index (χ4v) is 4.92. The first-order chi connectivity index (χ1) is 12.8. The first-order valence-corrected chi connectivity index (χ1v) is 11.5. The van der Waals surface area contributed by atoms with Crippen molar-refractivity contribution in [2.75, 3.05) is 33.2 Å². The molecule has 0 atom stereocenters. The average molecular weight is 416 g/mol. The molecular formula is C17H29N5O3S2. The second-order valence-corrected chi connectivity index (χ2v) is 9.67. The number of hydrogen-bond acceptors (Lipinski definition) is 5. The molecule has 1 fully saturated rings. The molecule has 1 aromatic rings. The van der Waals surface area contributed by atoms with E-state index in [1.807, 2.05) is 18.7 Å². The number of aliphatic imine (C=N–C) groups is 1. The second kappa shape index (κ2) is 10.0. The van der Waals surface area contributed by atoms with Crippen molar-refractivity contribution in [3.8, 4) is 0 Å². The van der Waals surface area contributed by atoms with E-state index in [1.165, 1.54) is 11.3 Å². The van der Waals surface area contributed by atoms with E-state index < -0.39 is 10.0 Å². The number of rotatable bonds is 7. The number of thiophene rings is 1. The second-order valence-electron chi connectivity index (χ2n) is 6.73. The van der Waals surface area contributed by atoms with Crippen LogP contribution in [0.2, 0.25) is 0 Å². The Morgan fingerprint density at radius 2 is 2.04 bits per heavy atom. The molecule has 1 aliphatic heterocycles. The maximum Gasteiger partial charge on any atom is 0.250 e. The van der Waals surface area contributed by atoms with Crippen LogP contribution in [0, 0.1) is 5.92 Å². The number of amides is 1. The summed E-state index contributed by atoms with van der Waals surface area (Å²) in [6.45, 7) is 6.02. The van der Waals surface area contributed by atoms with E-state index in [4.69, 9.17) is 0 Å². The summed E-state index contributed by atoms with van der Waals surface area (Å²) in [6, 6.07) is 3.54. The molecule has 3 N–H and O–H groups in total. The quantitative estimate of drug-likeness (QED) is 0.348. The van der Waals surface area contributed by atoms with Gasteiger partial charge in [0.1, 0.15) is 4.21 Å². The van der Waals surface area contributed by atoms with Crippen molar-refractivity contribution in [2.45, 2.75) is 36.9 Å². The molecule has 8 nitrogen and oxygen atoms in total. The van der Waals surface area contributed by atoms with E-state index in [-0.39, 0.29) is 24.4 Å². The molecule has 2 heterocycles. The lowest BCUT2D eigenvalue weighted by Gasteiger charge is -2.34. The third-order valence-corrected chi connectivity index (χ3v) is 7.19. The topological polar surface area (TPSA) is 103 Å². The number of nitrogens with one attached hydrogen (secondary N) is 3. The molecule has 152 valence electrons. The lowest BCUT2D eigenvalue weighted by atomic mass is 10.0. The summed E-state index contributed by atoms with van der Waals surface area (Å²) in [5, 5.41) is 8.20. The fraction of sp³-hybridized carbons (Fsp3) is 0.647. The Bertz CT molecular complexity index is 724. The van der Waals surface area contributed by atoms with E-state index in [1.54, 1.807) is 24.6 Å². The van der Waals surface area contributed by atoms with Crippen molar-refractivity contribution in [3.63, 3.8) is 0 Å². The number of nitrogens with zero attached hydrogens (tertiary/aromatic N) is 2. The fourth-order valence-electron chi connectivity index (χ4n) is 2.85. The van der Waals surface area contributed by atoms with Crippen LogP contribution in [0.1, 0.15) is 26.7 Å². The smallest absolute Gasteiger partial charge is 0.250 e. The molecule has 0 unspecified atom stereocenters. The molecule has 0 spiro atoms. The molecule has 1 saturated heterocycles. The minimum absolute atomic E-state index is 0.0295. The molecule has 0 radical (unpaired) electrons. The number of hydrogen-bond donors (Lipinski definition) is 3. The summed E-state index contributed by atoms with van der Waals surface area (Å²) < 4.78 is 27.0. The van der Waals surface area contributed by atoms with Crippen molar-refractivity contribution >= 4 is 33.2 Å². The first-order valence-electron chi connectivity index (χ1n) is 9.12. The molecule has 1 aliphatic rings. The van der Waals surface area contributed by atoms with Crippen LogP contribution in [0.5, 0.6) is 0 Å². The predicted molar refractivity (Wildman–Crippen MR) is 108 cm³/mol. The Balaban J connectivity index is 1.70. The van der Waals surface area contributed by atoms with Gasteiger partial charge >= 0.3 is 0 Å². The van der Waals surface area contributed by atoms with Crippen molar-refractivity contribution in [2.24, 2.45) is 10.9 Å². The van der Waals surface area contributed by atoms with Gasteiger partial charge in [-0.2, -0.15) is 0 Å². The number of piperidine rings is 1. The Morgan fingerprint density at radius 3 is 2.59 bits per heavy atom. The summed E-state index contributed by atoms with van der Waals surface area (Å²) in [4.78, 5) is 18.1. The average Bonchev–Trinajstić information content (AvgIpc) is 3.20. The van der Waals surface area contributed by atoms with Gasteiger partial charge in [0.2, 0.25) is 15.9 Å². The summed E-state index contributed by atoms with van der Waals surface area (Å²) in [5.41, 5.74) is 0.